The van der Waals surface area contributed by atoms with Gasteiger partial charge in [-0.1, -0.05) is 37.1 Å². The zero-order valence-corrected chi connectivity index (χ0v) is 18.3. The van der Waals surface area contributed by atoms with Gasteiger partial charge in [-0.15, -0.1) is 11.3 Å². The number of thiazole rings is 1. The van der Waals surface area contributed by atoms with E-state index in [0.29, 0.717) is 29.7 Å². The van der Waals surface area contributed by atoms with E-state index in [4.69, 9.17) is 4.74 Å². The third-order valence-electron chi connectivity index (χ3n) is 5.68. The molecule has 1 aromatic heterocycles. The maximum Gasteiger partial charge on any atom is 0.317 e. The molecule has 0 saturated heterocycles. The van der Waals surface area contributed by atoms with Crippen LogP contribution in [0.3, 0.4) is 0 Å². The van der Waals surface area contributed by atoms with Crippen LogP contribution in [0.25, 0.3) is 11.3 Å². The van der Waals surface area contributed by atoms with Crippen LogP contribution in [-0.2, 0) is 19.7 Å². The molecule has 170 valence electrons. The Balaban J connectivity index is 1.38. The van der Waals surface area contributed by atoms with Crippen LogP contribution in [0.15, 0.2) is 53.9 Å². The fraction of sp³-hybridized carbons (Fsp3) is 0.261. The Bertz CT molecular complexity index is 1190. The smallest absolute Gasteiger partial charge is 0.317 e. The standard InChI is InChI=1S/C23H20FN3O5S/c24-17-8-6-16(7-9-17)23(10-1-2-11-23)21(29)32-13-20(28)26-22-25-19(14-33-22)15-4-3-5-18(12-15)27(30)31/h3-9,12,14H,1-2,10-11,13H2,(H,25,26,28). The highest BCUT2D eigenvalue weighted by molar-refractivity contribution is 7.14. The summed E-state index contributed by atoms with van der Waals surface area (Å²) in [7, 11) is 0. The number of nitrogens with one attached hydrogen (secondary N) is 1. The molecular formula is C23H20FN3O5S. The summed E-state index contributed by atoms with van der Waals surface area (Å²) >= 11 is 1.16. The number of nitro benzene ring substituents is 1. The van der Waals surface area contributed by atoms with Crippen molar-refractivity contribution in [1.29, 1.82) is 0 Å². The van der Waals surface area contributed by atoms with Gasteiger partial charge < -0.3 is 4.74 Å². The lowest BCUT2D eigenvalue weighted by atomic mass is 9.79. The van der Waals surface area contributed by atoms with Crippen molar-refractivity contribution in [2.45, 2.75) is 31.1 Å². The van der Waals surface area contributed by atoms with Crippen LogP contribution in [-0.4, -0.2) is 28.4 Å². The highest BCUT2D eigenvalue weighted by atomic mass is 32.1. The van der Waals surface area contributed by atoms with E-state index in [9.17, 15) is 24.1 Å². The molecule has 0 spiro atoms. The predicted octanol–water partition coefficient (Wildman–Crippen LogP) is 4.85. The van der Waals surface area contributed by atoms with E-state index in [2.05, 4.69) is 10.3 Å². The summed E-state index contributed by atoms with van der Waals surface area (Å²) in [6.45, 7) is -0.479. The van der Waals surface area contributed by atoms with E-state index >= 15 is 0 Å². The molecular weight excluding hydrogens is 449 g/mol. The van der Waals surface area contributed by atoms with Gasteiger partial charge in [0.1, 0.15) is 5.82 Å². The Labute approximate surface area is 192 Å². The van der Waals surface area contributed by atoms with Crippen LogP contribution in [0.5, 0.6) is 0 Å². The highest BCUT2D eigenvalue weighted by Gasteiger charge is 2.44. The number of rotatable bonds is 7. The lowest BCUT2D eigenvalue weighted by Gasteiger charge is -2.27. The Morgan fingerprint density at radius 2 is 1.91 bits per heavy atom. The molecule has 1 aliphatic carbocycles. The number of nitrogens with zero attached hydrogens (tertiary/aromatic N) is 2. The number of carbonyl (C=O) groups is 2. The second-order valence-corrected chi connectivity index (χ2v) is 8.62. The summed E-state index contributed by atoms with van der Waals surface area (Å²) in [5.74, 6) is -1.43. The van der Waals surface area contributed by atoms with Crippen LogP contribution in [0.2, 0.25) is 0 Å². The maximum absolute atomic E-state index is 13.3. The van der Waals surface area contributed by atoms with Crippen LogP contribution in [0, 0.1) is 15.9 Å². The summed E-state index contributed by atoms with van der Waals surface area (Å²) in [5.41, 5.74) is 0.796. The molecule has 0 radical (unpaired) electrons. The van der Waals surface area contributed by atoms with Crippen molar-refractivity contribution in [3.63, 3.8) is 0 Å². The highest BCUT2D eigenvalue weighted by Crippen LogP contribution is 2.42. The van der Waals surface area contributed by atoms with Crippen molar-refractivity contribution in [3.8, 4) is 11.3 Å². The first-order chi connectivity index (χ1) is 15.9. The number of anilines is 1. The third kappa shape index (κ3) is 4.90. The number of nitro groups is 1. The maximum atomic E-state index is 13.3. The fourth-order valence-electron chi connectivity index (χ4n) is 4.03. The first-order valence-corrected chi connectivity index (χ1v) is 11.2. The molecule has 1 aliphatic rings. The molecule has 4 rings (SSSR count). The lowest BCUT2D eigenvalue weighted by Crippen LogP contribution is -2.36. The molecule has 33 heavy (non-hydrogen) atoms. The minimum Gasteiger partial charge on any atom is -0.455 e. The van der Waals surface area contributed by atoms with Gasteiger partial charge in [-0.25, -0.2) is 9.37 Å². The zero-order chi connectivity index (χ0) is 23.4. The molecule has 1 saturated carbocycles. The van der Waals surface area contributed by atoms with Crippen LogP contribution in [0.1, 0.15) is 31.2 Å². The Kier molecular flexibility index (Phi) is 6.45. The van der Waals surface area contributed by atoms with E-state index in [0.717, 1.165) is 24.2 Å². The number of aromatic nitrogens is 1. The van der Waals surface area contributed by atoms with E-state index in [-0.39, 0.29) is 16.6 Å². The summed E-state index contributed by atoms with van der Waals surface area (Å²) in [5, 5.41) is 15.5. The quantitative estimate of drug-likeness (QED) is 0.301. The number of carbonyl (C=O) groups excluding carboxylic acids is 2. The number of halogens is 1. The number of esters is 1. The van der Waals surface area contributed by atoms with Crippen molar-refractivity contribution in [2.75, 3.05) is 11.9 Å². The molecule has 0 bridgehead atoms. The summed E-state index contributed by atoms with van der Waals surface area (Å²) in [6, 6.07) is 11.8. The van der Waals surface area contributed by atoms with E-state index < -0.39 is 28.8 Å². The second-order valence-electron chi connectivity index (χ2n) is 7.77. The first-order valence-electron chi connectivity index (χ1n) is 10.3. The minimum atomic E-state index is -0.871. The van der Waals surface area contributed by atoms with Gasteiger partial charge in [0.15, 0.2) is 11.7 Å². The van der Waals surface area contributed by atoms with Gasteiger partial charge in [0.25, 0.3) is 11.6 Å². The van der Waals surface area contributed by atoms with Crippen LogP contribution >= 0.6 is 11.3 Å². The predicted molar refractivity (Wildman–Crippen MR) is 120 cm³/mol. The minimum absolute atomic E-state index is 0.0556. The monoisotopic (exact) mass is 469 g/mol. The van der Waals surface area contributed by atoms with Gasteiger partial charge in [-0.2, -0.15) is 0 Å². The summed E-state index contributed by atoms with van der Waals surface area (Å²) < 4.78 is 18.7. The first kappa shape index (κ1) is 22.5. The topological polar surface area (TPSA) is 111 Å². The molecule has 1 heterocycles. The molecule has 1 fully saturated rings. The third-order valence-corrected chi connectivity index (χ3v) is 6.44. The van der Waals surface area contributed by atoms with Gasteiger partial charge in [0.2, 0.25) is 0 Å². The molecule has 1 amide bonds. The summed E-state index contributed by atoms with van der Waals surface area (Å²) in [4.78, 5) is 40.0. The number of ether oxygens (including phenoxy) is 1. The van der Waals surface area contributed by atoms with Gasteiger partial charge in [0, 0.05) is 23.1 Å². The van der Waals surface area contributed by atoms with Crippen molar-refractivity contribution in [3.05, 3.63) is 75.4 Å². The number of hydrogen-bond donors (Lipinski definition) is 1. The van der Waals surface area contributed by atoms with Gasteiger partial charge >= 0.3 is 5.97 Å². The Morgan fingerprint density at radius 1 is 1.18 bits per heavy atom. The molecule has 0 unspecified atom stereocenters. The number of benzene rings is 2. The average Bonchev–Trinajstić information content (AvgIpc) is 3.49. The van der Waals surface area contributed by atoms with Crippen molar-refractivity contribution in [1.82, 2.24) is 4.98 Å². The van der Waals surface area contributed by atoms with E-state index in [1.54, 1.807) is 29.6 Å². The fourth-order valence-corrected chi connectivity index (χ4v) is 4.76. The van der Waals surface area contributed by atoms with Crippen molar-refractivity contribution >= 4 is 34.0 Å². The second kappa shape index (κ2) is 9.45. The van der Waals surface area contributed by atoms with E-state index in [1.165, 1.54) is 24.3 Å². The Hall–Kier alpha value is -3.66. The van der Waals surface area contributed by atoms with Crippen molar-refractivity contribution < 1.29 is 23.6 Å². The lowest BCUT2D eigenvalue weighted by molar-refractivity contribution is -0.384. The van der Waals surface area contributed by atoms with Crippen LogP contribution in [0.4, 0.5) is 15.2 Å². The number of non-ortho nitro benzene ring substituents is 1. The number of amides is 1. The average molecular weight is 469 g/mol. The van der Waals surface area contributed by atoms with E-state index in [1.807, 2.05) is 0 Å². The number of hydrogen-bond acceptors (Lipinski definition) is 7. The SMILES string of the molecule is O=C(COC(=O)C1(c2ccc(F)cc2)CCCC1)Nc1nc(-c2cccc([N+](=O)[O-])c2)cs1. The zero-order valence-electron chi connectivity index (χ0n) is 17.5. The molecule has 0 atom stereocenters. The van der Waals surface area contributed by atoms with Gasteiger partial charge in [-0.3, -0.25) is 25.0 Å². The molecule has 8 nitrogen and oxygen atoms in total. The van der Waals surface area contributed by atoms with Crippen LogP contribution < -0.4 is 5.32 Å². The van der Waals surface area contributed by atoms with Gasteiger partial charge in [-0.05, 0) is 30.5 Å². The summed E-state index contributed by atoms with van der Waals surface area (Å²) in [6.07, 6.45) is 2.85. The van der Waals surface area contributed by atoms with Crippen molar-refractivity contribution in [2.24, 2.45) is 0 Å². The molecule has 2 aromatic carbocycles. The molecule has 10 heteroatoms. The Morgan fingerprint density at radius 3 is 2.61 bits per heavy atom. The molecule has 3 aromatic rings. The normalized spacial score (nSPS) is 14.6. The molecule has 0 aliphatic heterocycles. The molecule has 1 N–H and O–H groups in total. The van der Waals surface area contributed by atoms with Gasteiger partial charge in [0.05, 0.1) is 16.0 Å². The largest absolute Gasteiger partial charge is 0.455 e.